The van der Waals surface area contributed by atoms with Crippen LogP contribution in [0.25, 0.3) is 5.69 Å². The Morgan fingerprint density at radius 1 is 1.07 bits per heavy atom. The molecule has 0 unspecified atom stereocenters. The van der Waals surface area contributed by atoms with Crippen molar-refractivity contribution in [2.45, 2.75) is 20.5 Å². The molecule has 0 aliphatic rings. The normalized spacial score (nSPS) is 10.6. The highest BCUT2D eigenvalue weighted by molar-refractivity contribution is 5.96. The predicted octanol–water partition coefficient (Wildman–Crippen LogP) is 3.43. The second-order valence-electron chi connectivity index (χ2n) is 6.55. The van der Waals surface area contributed by atoms with Crippen LogP contribution in [0.4, 0.5) is 5.69 Å². The van der Waals surface area contributed by atoms with Crippen molar-refractivity contribution in [1.29, 1.82) is 0 Å². The Kier molecular flexibility index (Phi) is 6.41. The molecule has 2 aromatic carbocycles. The molecule has 3 rings (SSSR count). The van der Waals surface area contributed by atoms with E-state index in [1.54, 1.807) is 30.0 Å². The van der Waals surface area contributed by atoms with Gasteiger partial charge in [0, 0.05) is 7.11 Å². The highest BCUT2D eigenvalue weighted by Crippen LogP contribution is 2.22. The van der Waals surface area contributed by atoms with E-state index in [0.717, 1.165) is 16.9 Å². The Bertz CT molecular complexity index is 1010. The van der Waals surface area contributed by atoms with Gasteiger partial charge in [-0.05, 0) is 43.7 Å². The Morgan fingerprint density at radius 3 is 2.55 bits per heavy atom. The number of ether oxygens (including phenoxy) is 2. The number of hydrogen-bond donors (Lipinski definition) is 1. The number of anilines is 1. The Balaban J connectivity index is 1.63. The van der Waals surface area contributed by atoms with Gasteiger partial charge in [0.2, 0.25) is 0 Å². The number of carbonyl (C=O) groups excluding carboxylic acids is 2. The number of aromatic nitrogens is 2. The summed E-state index contributed by atoms with van der Waals surface area (Å²) < 4.78 is 12.0. The molecule has 7 nitrogen and oxygen atoms in total. The predicted molar refractivity (Wildman–Crippen MR) is 109 cm³/mol. The molecule has 0 aliphatic heterocycles. The number of carbonyl (C=O) groups is 2. The Hall–Kier alpha value is -3.45. The molecule has 0 spiro atoms. The third-order valence-corrected chi connectivity index (χ3v) is 4.36. The van der Waals surface area contributed by atoms with Crippen molar-refractivity contribution >= 4 is 17.6 Å². The first-order chi connectivity index (χ1) is 14.0. The third kappa shape index (κ3) is 4.89. The molecule has 0 saturated heterocycles. The molecule has 150 valence electrons. The van der Waals surface area contributed by atoms with Gasteiger partial charge in [-0.25, -0.2) is 9.48 Å². The van der Waals surface area contributed by atoms with Gasteiger partial charge in [-0.3, -0.25) is 4.79 Å². The maximum absolute atomic E-state index is 12.3. The zero-order valence-corrected chi connectivity index (χ0v) is 16.6. The second-order valence-corrected chi connectivity index (χ2v) is 6.55. The maximum Gasteiger partial charge on any atom is 0.338 e. The van der Waals surface area contributed by atoms with Gasteiger partial charge in [0.25, 0.3) is 5.91 Å². The van der Waals surface area contributed by atoms with Gasteiger partial charge in [-0.15, -0.1) is 0 Å². The second kappa shape index (κ2) is 9.16. The summed E-state index contributed by atoms with van der Waals surface area (Å²) in [5.41, 5.74) is 4.20. The monoisotopic (exact) mass is 393 g/mol. The lowest BCUT2D eigenvalue weighted by Crippen LogP contribution is -2.21. The lowest BCUT2D eigenvalue weighted by molar-refractivity contribution is -0.119. The van der Waals surface area contributed by atoms with Crippen molar-refractivity contribution in [2.24, 2.45) is 0 Å². The van der Waals surface area contributed by atoms with E-state index in [-0.39, 0.29) is 6.61 Å². The van der Waals surface area contributed by atoms with Crippen LogP contribution in [0.2, 0.25) is 0 Å². The minimum Gasteiger partial charge on any atom is -0.452 e. The molecule has 0 radical (unpaired) electrons. The average molecular weight is 393 g/mol. The minimum atomic E-state index is -0.563. The zero-order valence-electron chi connectivity index (χ0n) is 16.6. The number of methoxy groups -OCH3 is 1. The molecule has 0 saturated carbocycles. The standard InChI is InChI=1S/C22H23N3O4/c1-15-21(16(2)25(24-15)19-10-5-4-6-11-19)23-20(26)14-29-22(27)18-9-7-8-17(12-18)13-28-3/h4-12H,13-14H2,1-3H3,(H,23,26). The summed E-state index contributed by atoms with van der Waals surface area (Å²) in [5.74, 6) is -0.989. The van der Waals surface area contributed by atoms with Crippen molar-refractivity contribution in [3.63, 3.8) is 0 Å². The molecule has 1 aromatic heterocycles. The number of benzene rings is 2. The smallest absolute Gasteiger partial charge is 0.338 e. The van der Waals surface area contributed by atoms with Crippen LogP contribution in [0, 0.1) is 13.8 Å². The number of rotatable bonds is 7. The number of aryl methyl sites for hydroxylation is 1. The highest BCUT2D eigenvalue weighted by atomic mass is 16.5. The molecule has 0 aliphatic carbocycles. The summed E-state index contributed by atoms with van der Waals surface area (Å²) in [5, 5.41) is 7.27. The first-order valence-corrected chi connectivity index (χ1v) is 9.16. The molecule has 7 heteroatoms. The molecule has 1 N–H and O–H groups in total. The number of para-hydroxylation sites is 1. The van der Waals surface area contributed by atoms with Gasteiger partial charge >= 0.3 is 5.97 Å². The molecule has 1 amide bonds. The van der Waals surface area contributed by atoms with E-state index in [2.05, 4.69) is 10.4 Å². The number of nitrogens with one attached hydrogen (secondary N) is 1. The summed E-state index contributed by atoms with van der Waals surface area (Å²) in [7, 11) is 1.58. The van der Waals surface area contributed by atoms with E-state index in [9.17, 15) is 9.59 Å². The fourth-order valence-electron chi connectivity index (χ4n) is 2.99. The van der Waals surface area contributed by atoms with E-state index >= 15 is 0 Å². The summed E-state index contributed by atoms with van der Waals surface area (Å²) in [6, 6.07) is 16.6. The van der Waals surface area contributed by atoms with Crippen LogP contribution in [-0.4, -0.2) is 35.4 Å². The Morgan fingerprint density at radius 2 is 1.83 bits per heavy atom. The number of hydrogen-bond acceptors (Lipinski definition) is 5. The summed E-state index contributed by atoms with van der Waals surface area (Å²) >= 11 is 0. The van der Waals surface area contributed by atoms with Crippen LogP contribution in [-0.2, 0) is 20.9 Å². The first-order valence-electron chi connectivity index (χ1n) is 9.16. The zero-order chi connectivity index (χ0) is 20.8. The molecule has 29 heavy (non-hydrogen) atoms. The van der Waals surface area contributed by atoms with E-state index in [1.165, 1.54) is 0 Å². The van der Waals surface area contributed by atoms with Crippen LogP contribution < -0.4 is 5.32 Å². The summed E-state index contributed by atoms with van der Waals surface area (Å²) in [6.45, 7) is 3.69. The van der Waals surface area contributed by atoms with Gasteiger partial charge in [0.15, 0.2) is 6.61 Å². The molecule has 3 aromatic rings. The number of esters is 1. The van der Waals surface area contributed by atoms with Crippen molar-refractivity contribution in [3.8, 4) is 5.69 Å². The van der Waals surface area contributed by atoms with Crippen LogP contribution in [0.5, 0.6) is 0 Å². The van der Waals surface area contributed by atoms with E-state index in [1.807, 2.05) is 50.2 Å². The van der Waals surface area contributed by atoms with Crippen molar-refractivity contribution in [2.75, 3.05) is 19.0 Å². The van der Waals surface area contributed by atoms with E-state index < -0.39 is 11.9 Å². The van der Waals surface area contributed by atoms with Crippen LogP contribution in [0.1, 0.15) is 27.3 Å². The van der Waals surface area contributed by atoms with Crippen molar-refractivity contribution in [3.05, 3.63) is 77.1 Å². The highest BCUT2D eigenvalue weighted by Gasteiger charge is 2.17. The van der Waals surface area contributed by atoms with Crippen LogP contribution in [0.15, 0.2) is 54.6 Å². The SMILES string of the molecule is COCc1cccc(C(=O)OCC(=O)Nc2c(C)nn(-c3ccccc3)c2C)c1. The van der Waals surface area contributed by atoms with Gasteiger partial charge in [-0.2, -0.15) is 5.10 Å². The van der Waals surface area contributed by atoms with Gasteiger partial charge in [0.1, 0.15) is 0 Å². The molecule has 0 atom stereocenters. The number of nitrogens with zero attached hydrogens (tertiary/aromatic N) is 2. The molecular formula is C22H23N3O4. The summed E-state index contributed by atoms with van der Waals surface area (Å²) in [4.78, 5) is 24.5. The molecular weight excluding hydrogens is 370 g/mol. The van der Waals surface area contributed by atoms with Gasteiger partial charge in [-0.1, -0.05) is 30.3 Å². The first kappa shape index (κ1) is 20.3. The maximum atomic E-state index is 12.3. The fourth-order valence-corrected chi connectivity index (χ4v) is 2.99. The lowest BCUT2D eigenvalue weighted by atomic mass is 10.1. The van der Waals surface area contributed by atoms with Gasteiger partial charge in [0.05, 0.1) is 34.9 Å². The Labute approximate surface area is 169 Å². The lowest BCUT2D eigenvalue weighted by Gasteiger charge is -2.08. The largest absolute Gasteiger partial charge is 0.452 e. The molecule has 1 heterocycles. The van der Waals surface area contributed by atoms with Crippen LogP contribution >= 0.6 is 0 Å². The quantitative estimate of drug-likeness (QED) is 0.622. The van der Waals surface area contributed by atoms with Crippen molar-refractivity contribution in [1.82, 2.24) is 9.78 Å². The van der Waals surface area contributed by atoms with E-state index in [0.29, 0.717) is 23.6 Å². The molecule has 0 bridgehead atoms. The van der Waals surface area contributed by atoms with E-state index in [4.69, 9.17) is 9.47 Å². The third-order valence-electron chi connectivity index (χ3n) is 4.36. The molecule has 0 fully saturated rings. The minimum absolute atomic E-state index is 0.372. The van der Waals surface area contributed by atoms with Gasteiger partial charge < -0.3 is 14.8 Å². The van der Waals surface area contributed by atoms with Crippen LogP contribution in [0.3, 0.4) is 0 Å². The summed E-state index contributed by atoms with van der Waals surface area (Å²) in [6.07, 6.45) is 0. The topological polar surface area (TPSA) is 82.4 Å². The average Bonchev–Trinajstić information content (AvgIpc) is 3.01. The van der Waals surface area contributed by atoms with Crippen molar-refractivity contribution < 1.29 is 19.1 Å². The fraction of sp³-hybridized carbons (Fsp3) is 0.227. The number of amides is 1.